The standard InChI is InChI=1S/C30H29N3O2/c1-21(34)32(19-22-7-5-10-26(17-22)35-2)33-20-25(15-16-31)29-18-24(13-14-30(29)33)28-12-6-9-23-8-3-4-11-27(23)28/h3-14,17-18,20H,15-16,19,31H2,1-2H3. The third-order valence-corrected chi connectivity index (χ3v) is 6.47. The fourth-order valence-electron chi connectivity index (χ4n) is 4.76. The lowest BCUT2D eigenvalue weighted by Crippen LogP contribution is -2.37. The first kappa shape index (κ1) is 22.7. The Kier molecular flexibility index (Phi) is 6.25. The topological polar surface area (TPSA) is 60.5 Å². The summed E-state index contributed by atoms with van der Waals surface area (Å²) < 4.78 is 7.34. The molecule has 0 radical (unpaired) electrons. The van der Waals surface area contributed by atoms with Gasteiger partial charge in [0.15, 0.2) is 0 Å². The summed E-state index contributed by atoms with van der Waals surface area (Å²) in [5.41, 5.74) is 11.4. The number of ether oxygens (including phenoxy) is 1. The van der Waals surface area contributed by atoms with Crippen molar-refractivity contribution in [1.82, 2.24) is 4.68 Å². The maximum Gasteiger partial charge on any atom is 0.238 e. The van der Waals surface area contributed by atoms with Crippen molar-refractivity contribution in [2.24, 2.45) is 5.73 Å². The highest BCUT2D eigenvalue weighted by Gasteiger charge is 2.18. The lowest BCUT2D eigenvalue weighted by atomic mass is 9.96. The molecular weight excluding hydrogens is 434 g/mol. The number of fused-ring (bicyclic) bond motifs is 2. The quantitative estimate of drug-likeness (QED) is 0.339. The molecule has 4 aromatic carbocycles. The fourth-order valence-corrected chi connectivity index (χ4v) is 4.76. The Morgan fingerprint density at radius 2 is 1.74 bits per heavy atom. The summed E-state index contributed by atoms with van der Waals surface area (Å²) in [6.07, 6.45) is 2.78. The molecule has 0 aliphatic heterocycles. The van der Waals surface area contributed by atoms with Crippen molar-refractivity contribution < 1.29 is 9.53 Å². The minimum atomic E-state index is -0.0397. The van der Waals surface area contributed by atoms with Crippen LogP contribution in [0.5, 0.6) is 5.75 Å². The van der Waals surface area contributed by atoms with Crippen LogP contribution in [0.25, 0.3) is 32.8 Å². The molecule has 1 amide bonds. The van der Waals surface area contributed by atoms with Gasteiger partial charge in [0, 0.05) is 18.5 Å². The van der Waals surface area contributed by atoms with Crippen LogP contribution in [0.4, 0.5) is 0 Å². The van der Waals surface area contributed by atoms with Crippen LogP contribution < -0.4 is 15.5 Å². The molecule has 0 aliphatic rings. The number of rotatable bonds is 7. The van der Waals surface area contributed by atoms with Gasteiger partial charge in [-0.15, -0.1) is 0 Å². The normalized spacial score (nSPS) is 11.2. The maximum atomic E-state index is 12.8. The van der Waals surface area contributed by atoms with Crippen LogP contribution in [0, 0.1) is 0 Å². The van der Waals surface area contributed by atoms with E-state index in [1.165, 1.54) is 16.3 Å². The van der Waals surface area contributed by atoms with Crippen LogP contribution >= 0.6 is 0 Å². The Morgan fingerprint density at radius 1 is 0.943 bits per heavy atom. The van der Waals surface area contributed by atoms with E-state index in [1.54, 1.807) is 19.0 Å². The van der Waals surface area contributed by atoms with Gasteiger partial charge in [0.2, 0.25) is 5.91 Å². The summed E-state index contributed by atoms with van der Waals surface area (Å²) in [5, 5.41) is 5.30. The molecule has 0 spiro atoms. The highest BCUT2D eigenvalue weighted by Crippen LogP contribution is 2.33. The molecule has 1 heterocycles. The average Bonchev–Trinajstić information content (AvgIpc) is 3.24. The zero-order valence-electron chi connectivity index (χ0n) is 20.1. The van der Waals surface area contributed by atoms with Crippen LogP contribution in [-0.4, -0.2) is 24.2 Å². The Labute approximate surface area is 205 Å². The SMILES string of the molecule is COc1cccc(CN(C(C)=O)n2cc(CCN)c3cc(-c4cccc5ccccc45)ccc32)c1. The number of hydrogen-bond acceptors (Lipinski definition) is 3. The van der Waals surface area contributed by atoms with E-state index in [4.69, 9.17) is 10.5 Å². The second kappa shape index (κ2) is 9.65. The first-order valence-electron chi connectivity index (χ1n) is 11.8. The average molecular weight is 464 g/mol. The third kappa shape index (κ3) is 4.38. The number of nitrogens with two attached hydrogens (primary N) is 1. The van der Waals surface area contributed by atoms with Gasteiger partial charge in [-0.25, -0.2) is 5.01 Å². The van der Waals surface area contributed by atoms with E-state index < -0.39 is 0 Å². The van der Waals surface area contributed by atoms with E-state index in [0.717, 1.165) is 39.8 Å². The molecular formula is C30H29N3O2. The first-order chi connectivity index (χ1) is 17.1. The summed E-state index contributed by atoms with van der Waals surface area (Å²) in [6, 6.07) is 29.1. The molecule has 5 rings (SSSR count). The smallest absolute Gasteiger partial charge is 0.238 e. The summed E-state index contributed by atoms with van der Waals surface area (Å²) in [4.78, 5) is 12.8. The number of carbonyl (C=O) groups is 1. The largest absolute Gasteiger partial charge is 0.497 e. The number of amides is 1. The molecule has 176 valence electrons. The van der Waals surface area contributed by atoms with Crippen molar-refractivity contribution in [3.63, 3.8) is 0 Å². The fraction of sp³-hybridized carbons (Fsp3) is 0.167. The minimum absolute atomic E-state index is 0.0397. The van der Waals surface area contributed by atoms with Crippen molar-refractivity contribution in [3.05, 3.63) is 102 Å². The Hall–Kier alpha value is -4.09. The first-order valence-corrected chi connectivity index (χ1v) is 11.8. The van der Waals surface area contributed by atoms with Gasteiger partial charge in [-0.3, -0.25) is 9.47 Å². The van der Waals surface area contributed by atoms with Crippen LogP contribution in [-0.2, 0) is 17.8 Å². The van der Waals surface area contributed by atoms with Crippen molar-refractivity contribution >= 4 is 27.6 Å². The van der Waals surface area contributed by atoms with Crippen LogP contribution in [0.1, 0.15) is 18.1 Å². The van der Waals surface area contributed by atoms with E-state index in [1.807, 2.05) is 35.1 Å². The van der Waals surface area contributed by atoms with Gasteiger partial charge in [0.05, 0.1) is 19.2 Å². The van der Waals surface area contributed by atoms with Crippen LogP contribution in [0.3, 0.4) is 0 Å². The molecule has 0 unspecified atom stereocenters. The molecule has 0 atom stereocenters. The predicted molar refractivity (Wildman–Crippen MR) is 143 cm³/mol. The monoisotopic (exact) mass is 463 g/mol. The molecule has 5 aromatic rings. The summed E-state index contributed by atoms with van der Waals surface area (Å²) >= 11 is 0. The molecule has 0 saturated heterocycles. The van der Waals surface area contributed by atoms with E-state index in [0.29, 0.717) is 13.1 Å². The molecule has 35 heavy (non-hydrogen) atoms. The summed E-state index contributed by atoms with van der Waals surface area (Å²) in [6.45, 7) is 2.57. The number of aromatic nitrogens is 1. The predicted octanol–water partition coefficient (Wildman–Crippen LogP) is 5.66. The van der Waals surface area contributed by atoms with Gasteiger partial charge in [-0.05, 0) is 70.3 Å². The van der Waals surface area contributed by atoms with Gasteiger partial charge in [-0.1, -0.05) is 60.7 Å². The van der Waals surface area contributed by atoms with E-state index in [-0.39, 0.29) is 5.91 Å². The van der Waals surface area contributed by atoms with Crippen molar-refractivity contribution in [2.45, 2.75) is 19.9 Å². The van der Waals surface area contributed by atoms with Crippen LogP contribution in [0.2, 0.25) is 0 Å². The zero-order valence-corrected chi connectivity index (χ0v) is 20.1. The Balaban J connectivity index is 1.62. The molecule has 0 fully saturated rings. The summed E-state index contributed by atoms with van der Waals surface area (Å²) in [7, 11) is 1.65. The molecule has 1 aromatic heterocycles. The van der Waals surface area contributed by atoms with Gasteiger partial charge in [-0.2, -0.15) is 0 Å². The molecule has 2 N–H and O–H groups in total. The molecule has 5 nitrogen and oxygen atoms in total. The minimum Gasteiger partial charge on any atom is -0.497 e. The van der Waals surface area contributed by atoms with E-state index in [9.17, 15) is 4.79 Å². The van der Waals surface area contributed by atoms with Crippen LogP contribution in [0.15, 0.2) is 91.1 Å². The van der Waals surface area contributed by atoms with Crippen molar-refractivity contribution in [1.29, 1.82) is 0 Å². The van der Waals surface area contributed by atoms with Gasteiger partial charge < -0.3 is 10.5 Å². The highest BCUT2D eigenvalue weighted by molar-refractivity contribution is 5.99. The van der Waals surface area contributed by atoms with Gasteiger partial charge in [0.1, 0.15) is 5.75 Å². The number of methoxy groups -OCH3 is 1. The van der Waals surface area contributed by atoms with Crippen molar-refractivity contribution in [3.8, 4) is 16.9 Å². The Bertz CT molecular complexity index is 1510. The number of hydrogen-bond donors (Lipinski definition) is 1. The highest BCUT2D eigenvalue weighted by atomic mass is 16.5. The van der Waals surface area contributed by atoms with E-state index >= 15 is 0 Å². The third-order valence-electron chi connectivity index (χ3n) is 6.47. The molecule has 0 bridgehead atoms. The van der Waals surface area contributed by atoms with E-state index in [2.05, 4.69) is 60.7 Å². The van der Waals surface area contributed by atoms with Gasteiger partial charge >= 0.3 is 0 Å². The second-order valence-corrected chi connectivity index (χ2v) is 8.72. The number of nitrogens with zero attached hydrogens (tertiary/aromatic N) is 2. The lowest BCUT2D eigenvalue weighted by Gasteiger charge is -2.24. The molecule has 0 saturated carbocycles. The maximum absolute atomic E-state index is 12.8. The van der Waals surface area contributed by atoms with Gasteiger partial charge in [0.25, 0.3) is 0 Å². The lowest BCUT2D eigenvalue weighted by molar-refractivity contribution is -0.118. The zero-order chi connectivity index (χ0) is 24.4. The van der Waals surface area contributed by atoms with Crippen molar-refractivity contribution in [2.75, 3.05) is 18.7 Å². The number of carbonyl (C=O) groups excluding carboxylic acids is 1. The molecule has 5 heteroatoms. The number of benzene rings is 4. The Morgan fingerprint density at radius 3 is 2.54 bits per heavy atom. The summed E-state index contributed by atoms with van der Waals surface area (Å²) in [5.74, 6) is 0.731. The molecule has 0 aliphatic carbocycles. The second-order valence-electron chi connectivity index (χ2n) is 8.72.